The zero-order valence-electron chi connectivity index (χ0n) is 9.73. The van der Waals surface area contributed by atoms with Crippen LogP contribution in [-0.4, -0.2) is 28.6 Å². The Morgan fingerprint density at radius 2 is 2.38 bits per heavy atom. The number of carbonyl (C=O) groups is 1. The van der Waals surface area contributed by atoms with Crippen molar-refractivity contribution >= 4 is 5.91 Å². The lowest BCUT2D eigenvalue weighted by atomic mass is 10.2. The van der Waals surface area contributed by atoms with E-state index >= 15 is 0 Å². The van der Waals surface area contributed by atoms with Crippen LogP contribution < -0.4 is 5.32 Å². The SMILES string of the molecule is CCC(O)CCNC(=O)c1ncccc1C. The van der Waals surface area contributed by atoms with Crippen LogP contribution in [0.5, 0.6) is 0 Å². The molecule has 1 aromatic heterocycles. The summed E-state index contributed by atoms with van der Waals surface area (Å²) >= 11 is 0. The highest BCUT2D eigenvalue weighted by molar-refractivity contribution is 5.93. The van der Waals surface area contributed by atoms with Crippen molar-refractivity contribution in [1.82, 2.24) is 10.3 Å². The van der Waals surface area contributed by atoms with E-state index in [1.54, 1.807) is 12.3 Å². The number of pyridine rings is 1. The lowest BCUT2D eigenvalue weighted by molar-refractivity contribution is 0.0936. The van der Waals surface area contributed by atoms with Gasteiger partial charge in [-0.05, 0) is 31.4 Å². The topological polar surface area (TPSA) is 62.2 Å². The van der Waals surface area contributed by atoms with E-state index in [2.05, 4.69) is 10.3 Å². The number of carbonyl (C=O) groups excluding carboxylic acids is 1. The second kappa shape index (κ2) is 6.23. The third-order valence-electron chi connectivity index (χ3n) is 2.46. The van der Waals surface area contributed by atoms with Gasteiger partial charge in [-0.1, -0.05) is 13.0 Å². The average Bonchev–Trinajstić information content (AvgIpc) is 2.29. The number of rotatable bonds is 5. The van der Waals surface area contributed by atoms with Gasteiger partial charge in [0.1, 0.15) is 5.69 Å². The molecule has 0 aromatic carbocycles. The molecule has 4 heteroatoms. The van der Waals surface area contributed by atoms with Crippen molar-refractivity contribution in [2.24, 2.45) is 0 Å². The van der Waals surface area contributed by atoms with Gasteiger partial charge in [-0.2, -0.15) is 0 Å². The molecule has 16 heavy (non-hydrogen) atoms. The van der Waals surface area contributed by atoms with Gasteiger partial charge < -0.3 is 10.4 Å². The maximum atomic E-state index is 11.7. The first-order valence-corrected chi connectivity index (χ1v) is 5.53. The van der Waals surface area contributed by atoms with Crippen molar-refractivity contribution in [1.29, 1.82) is 0 Å². The summed E-state index contributed by atoms with van der Waals surface area (Å²) in [5.74, 6) is -0.179. The van der Waals surface area contributed by atoms with Crippen LogP contribution in [0.2, 0.25) is 0 Å². The zero-order chi connectivity index (χ0) is 12.0. The minimum Gasteiger partial charge on any atom is -0.393 e. The van der Waals surface area contributed by atoms with Gasteiger partial charge in [0.25, 0.3) is 5.91 Å². The van der Waals surface area contributed by atoms with Crippen LogP contribution in [0.3, 0.4) is 0 Å². The van der Waals surface area contributed by atoms with Gasteiger partial charge in [-0.15, -0.1) is 0 Å². The van der Waals surface area contributed by atoms with Gasteiger partial charge >= 0.3 is 0 Å². The van der Waals surface area contributed by atoms with Crippen LogP contribution in [0.1, 0.15) is 35.8 Å². The van der Waals surface area contributed by atoms with Gasteiger partial charge in [0.15, 0.2) is 0 Å². The number of aliphatic hydroxyl groups excluding tert-OH is 1. The molecular formula is C12H18N2O2. The summed E-state index contributed by atoms with van der Waals surface area (Å²) < 4.78 is 0. The van der Waals surface area contributed by atoms with Crippen LogP contribution >= 0.6 is 0 Å². The van der Waals surface area contributed by atoms with E-state index in [1.165, 1.54) is 0 Å². The average molecular weight is 222 g/mol. The molecule has 2 N–H and O–H groups in total. The number of hydrogen-bond acceptors (Lipinski definition) is 3. The van der Waals surface area contributed by atoms with Crippen LogP contribution in [0, 0.1) is 6.92 Å². The highest BCUT2D eigenvalue weighted by atomic mass is 16.3. The molecule has 0 aliphatic heterocycles. The standard InChI is InChI=1S/C12H18N2O2/c1-3-10(15)6-8-14-12(16)11-9(2)5-4-7-13-11/h4-5,7,10,15H,3,6,8H2,1-2H3,(H,14,16). The van der Waals surface area contributed by atoms with Gasteiger partial charge in [0, 0.05) is 12.7 Å². The van der Waals surface area contributed by atoms with Gasteiger partial charge in [-0.3, -0.25) is 9.78 Å². The van der Waals surface area contributed by atoms with Crippen molar-refractivity contribution in [2.45, 2.75) is 32.8 Å². The second-order valence-corrected chi connectivity index (χ2v) is 3.78. The summed E-state index contributed by atoms with van der Waals surface area (Å²) in [6, 6.07) is 3.65. The van der Waals surface area contributed by atoms with Crippen LogP contribution in [0.15, 0.2) is 18.3 Å². The number of aromatic nitrogens is 1. The predicted octanol–water partition coefficient (Wildman–Crippen LogP) is 1.28. The van der Waals surface area contributed by atoms with Gasteiger partial charge in [0.05, 0.1) is 6.10 Å². The molecule has 0 saturated heterocycles. The third-order valence-corrected chi connectivity index (χ3v) is 2.46. The first-order valence-electron chi connectivity index (χ1n) is 5.53. The fourth-order valence-electron chi connectivity index (χ4n) is 1.36. The Balaban J connectivity index is 2.44. The van der Waals surface area contributed by atoms with E-state index in [-0.39, 0.29) is 12.0 Å². The smallest absolute Gasteiger partial charge is 0.270 e. The normalized spacial score (nSPS) is 12.2. The van der Waals surface area contributed by atoms with E-state index < -0.39 is 0 Å². The van der Waals surface area contributed by atoms with Crippen molar-refractivity contribution in [3.05, 3.63) is 29.6 Å². The summed E-state index contributed by atoms with van der Waals surface area (Å²) in [5.41, 5.74) is 1.31. The zero-order valence-corrected chi connectivity index (χ0v) is 9.73. The lowest BCUT2D eigenvalue weighted by Crippen LogP contribution is -2.28. The van der Waals surface area contributed by atoms with Crippen LogP contribution in [-0.2, 0) is 0 Å². The fourth-order valence-corrected chi connectivity index (χ4v) is 1.36. The summed E-state index contributed by atoms with van der Waals surface area (Å²) in [7, 11) is 0. The molecule has 1 unspecified atom stereocenters. The van der Waals surface area contributed by atoms with Crippen molar-refractivity contribution < 1.29 is 9.90 Å². The largest absolute Gasteiger partial charge is 0.393 e. The Kier molecular flexibility index (Phi) is 4.92. The number of nitrogens with one attached hydrogen (secondary N) is 1. The van der Waals surface area contributed by atoms with Gasteiger partial charge in [0.2, 0.25) is 0 Å². The van der Waals surface area contributed by atoms with E-state index in [0.717, 1.165) is 5.56 Å². The van der Waals surface area contributed by atoms with Crippen LogP contribution in [0.4, 0.5) is 0 Å². The number of aliphatic hydroxyl groups is 1. The highest BCUT2D eigenvalue weighted by Crippen LogP contribution is 2.02. The Hall–Kier alpha value is -1.42. The molecule has 0 saturated carbocycles. The van der Waals surface area contributed by atoms with Crippen molar-refractivity contribution in [3.63, 3.8) is 0 Å². The molecule has 1 rings (SSSR count). The second-order valence-electron chi connectivity index (χ2n) is 3.78. The molecule has 4 nitrogen and oxygen atoms in total. The minimum absolute atomic E-state index is 0.179. The lowest BCUT2D eigenvalue weighted by Gasteiger charge is -2.09. The van der Waals surface area contributed by atoms with Crippen LogP contribution in [0.25, 0.3) is 0 Å². The molecule has 0 radical (unpaired) electrons. The molecule has 1 amide bonds. The molecule has 0 spiro atoms. The quantitative estimate of drug-likeness (QED) is 0.789. The first kappa shape index (κ1) is 12.6. The van der Waals surface area contributed by atoms with Crippen molar-refractivity contribution in [2.75, 3.05) is 6.54 Å². The molecule has 0 aliphatic rings. The third kappa shape index (κ3) is 3.62. The number of aryl methyl sites for hydroxylation is 1. The fraction of sp³-hybridized carbons (Fsp3) is 0.500. The molecular weight excluding hydrogens is 204 g/mol. The number of nitrogens with zero attached hydrogens (tertiary/aromatic N) is 1. The van der Waals surface area contributed by atoms with Gasteiger partial charge in [-0.25, -0.2) is 0 Å². The molecule has 1 aromatic rings. The Labute approximate surface area is 95.7 Å². The van der Waals surface area contributed by atoms with E-state index in [0.29, 0.717) is 25.1 Å². The predicted molar refractivity (Wildman–Crippen MR) is 62.2 cm³/mol. The summed E-state index contributed by atoms with van der Waals surface area (Å²) in [5, 5.41) is 12.1. The monoisotopic (exact) mass is 222 g/mol. The van der Waals surface area contributed by atoms with E-state index in [1.807, 2.05) is 19.9 Å². The Morgan fingerprint density at radius 3 is 3.00 bits per heavy atom. The molecule has 0 aliphatic carbocycles. The molecule has 1 atom stereocenters. The van der Waals surface area contributed by atoms with E-state index in [9.17, 15) is 9.90 Å². The maximum Gasteiger partial charge on any atom is 0.270 e. The highest BCUT2D eigenvalue weighted by Gasteiger charge is 2.09. The summed E-state index contributed by atoms with van der Waals surface area (Å²) in [6.07, 6.45) is 2.54. The Bertz CT molecular complexity index is 353. The Morgan fingerprint density at radius 1 is 1.62 bits per heavy atom. The first-order chi connectivity index (χ1) is 7.65. The minimum atomic E-state index is -0.342. The maximum absolute atomic E-state index is 11.7. The van der Waals surface area contributed by atoms with E-state index in [4.69, 9.17) is 0 Å². The summed E-state index contributed by atoms with van der Waals surface area (Å²) in [4.78, 5) is 15.7. The van der Waals surface area contributed by atoms with Crippen molar-refractivity contribution in [3.8, 4) is 0 Å². The molecule has 0 bridgehead atoms. The number of hydrogen-bond donors (Lipinski definition) is 2. The molecule has 0 fully saturated rings. The number of amides is 1. The molecule has 1 heterocycles. The molecule has 88 valence electrons. The summed E-state index contributed by atoms with van der Waals surface area (Å²) in [6.45, 7) is 4.24.